The van der Waals surface area contributed by atoms with Crippen LogP contribution in [0.4, 0.5) is 5.13 Å². The number of aliphatic imine (C=N–C) groups is 1. The minimum absolute atomic E-state index is 0. The lowest BCUT2D eigenvalue weighted by Gasteiger charge is -2.21. The van der Waals surface area contributed by atoms with Gasteiger partial charge in [0.25, 0.3) is 0 Å². The lowest BCUT2D eigenvalue weighted by Crippen LogP contribution is -2.36. The summed E-state index contributed by atoms with van der Waals surface area (Å²) in [6.45, 7) is 1.18. The molecule has 0 aliphatic heterocycles. The van der Waals surface area contributed by atoms with Crippen molar-refractivity contribution in [2.24, 2.45) is 4.99 Å². The van der Waals surface area contributed by atoms with Gasteiger partial charge >= 0.3 is 0 Å². The molecule has 6 nitrogen and oxygen atoms in total. The molecule has 27 heavy (non-hydrogen) atoms. The van der Waals surface area contributed by atoms with Gasteiger partial charge in [-0.1, -0.05) is 6.07 Å². The average Bonchev–Trinajstić information content (AvgIpc) is 3.12. The molecule has 8 heteroatoms. The summed E-state index contributed by atoms with van der Waals surface area (Å²) < 4.78 is 0. The summed E-state index contributed by atoms with van der Waals surface area (Å²) in [5.74, 6) is 1.07. The van der Waals surface area contributed by atoms with Gasteiger partial charge in [-0.05, 0) is 42.9 Å². The van der Waals surface area contributed by atoms with Crippen LogP contribution in [0.1, 0.15) is 35.2 Å². The van der Waals surface area contributed by atoms with E-state index in [1.54, 1.807) is 18.4 Å². The SMILES string of the molecule is CN=C(NCc1csc(N(C)C)n1)NCc1c(O)ccc2c1CCCC2.I. The number of nitrogens with one attached hydrogen (secondary N) is 2. The number of thiazole rings is 1. The Morgan fingerprint density at radius 2 is 1.96 bits per heavy atom. The largest absolute Gasteiger partial charge is 0.508 e. The molecular formula is C19H28IN5OS. The molecule has 3 rings (SSSR count). The van der Waals surface area contributed by atoms with E-state index in [4.69, 9.17) is 0 Å². The topological polar surface area (TPSA) is 72.8 Å². The molecule has 0 amide bonds. The lowest BCUT2D eigenvalue weighted by molar-refractivity contribution is 0.464. The van der Waals surface area contributed by atoms with Gasteiger partial charge in [-0.15, -0.1) is 35.3 Å². The van der Waals surface area contributed by atoms with Crippen LogP contribution < -0.4 is 15.5 Å². The van der Waals surface area contributed by atoms with Crippen molar-refractivity contribution < 1.29 is 5.11 Å². The van der Waals surface area contributed by atoms with Crippen LogP contribution in [-0.4, -0.2) is 37.2 Å². The van der Waals surface area contributed by atoms with E-state index in [1.165, 1.54) is 24.0 Å². The second-order valence-corrected chi connectivity index (χ2v) is 7.54. The van der Waals surface area contributed by atoms with Gasteiger partial charge in [0.05, 0.1) is 12.2 Å². The maximum absolute atomic E-state index is 10.3. The molecule has 0 spiro atoms. The molecule has 1 aromatic carbocycles. The first-order valence-electron chi connectivity index (χ1n) is 8.97. The number of aromatic hydroxyl groups is 1. The Morgan fingerprint density at radius 3 is 2.67 bits per heavy atom. The standard InChI is InChI=1S/C19H27N5OS.HI/c1-20-18(21-10-14-12-26-19(23-14)24(2)3)22-11-16-15-7-5-4-6-13(15)8-9-17(16)25;/h8-9,12,25H,4-7,10-11H2,1-3H3,(H2,20,21,22);1H. The third kappa shape index (κ3) is 5.47. The molecule has 0 fully saturated rings. The van der Waals surface area contributed by atoms with E-state index in [-0.39, 0.29) is 24.0 Å². The smallest absolute Gasteiger partial charge is 0.191 e. The highest BCUT2D eigenvalue weighted by Crippen LogP contribution is 2.30. The van der Waals surface area contributed by atoms with Crippen molar-refractivity contribution in [1.82, 2.24) is 15.6 Å². The Kier molecular flexibility index (Phi) is 8.15. The number of phenolic OH excluding ortho intramolecular Hbond substituents is 1. The van der Waals surface area contributed by atoms with Crippen LogP contribution in [0.2, 0.25) is 0 Å². The van der Waals surface area contributed by atoms with Crippen molar-refractivity contribution >= 4 is 46.4 Å². The number of anilines is 1. The molecule has 0 saturated carbocycles. The van der Waals surface area contributed by atoms with E-state index < -0.39 is 0 Å². The molecule has 0 radical (unpaired) electrons. The average molecular weight is 501 g/mol. The Hall–Kier alpha value is -1.55. The van der Waals surface area contributed by atoms with E-state index >= 15 is 0 Å². The molecule has 0 saturated heterocycles. The van der Waals surface area contributed by atoms with Gasteiger partial charge in [0.15, 0.2) is 11.1 Å². The van der Waals surface area contributed by atoms with Crippen LogP contribution in [0.25, 0.3) is 0 Å². The van der Waals surface area contributed by atoms with Crippen LogP contribution in [0, 0.1) is 0 Å². The fourth-order valence-electron chi connectivity index (χ4n) is 3.24. The molecule has 0 atom stereocenters. The highest BCUT2D eigenvalue weighted by atomic mass is 127. The highest BCUT2D eigenvalue weighted by Gasteiger charge is 2.16. The summed E-state index contributed by atoms with van der Waals surface area (Å²) in [5, 5.41) is 20.0. The van der Waals surface area contributed by atoms with E-state index in [0.29, 0.717) is 24.8 Å². The number of phenols is 1. The zero-order valence-electron chi connectivity index (χ0n) is 16.1. The summed E-state index contributed by atoms with van der Waals surface area (Å²) in [7, 11) is 5.73. The van der Waals surface area contributed by atoms with Crippen LogP contribution in [0.3, 0.4) is 0 Å². The van der Waals surface area contributed by atoms with E-state index in [0.717, 1.165) is 29.2 Å². The number of benzene rings is 1. The van der Waals surface area contributed by atoms with Gasteiger partial charge in [-0.25, -0.2) is 4.98 Å². The van der Waals surface area contributed by atoms with Gasteiger partial charge in [-0.2, -0.15) is 0 Å². The third-order valence-electron chi connectivity index (χ3n) is 4.64. The number of aromatic nitrogens is 1. The fraction of sp³-hybridized carbons (Fsp3) is 0.474. The summed E-state index contributed by atoms with van der Waals surface area (Å²) in [5.41, 5.74) is 4.65. The second kappa shape index (κ2) is 10.1. The third-order valence-corrected chi connectivity index (χ3v) is 5.70. The molecule has 148 valence electrons. The number of aryl methyl sites for hydroxylation is 1. The summed E-state index contributed by atoms with van der Waals surface area (Å²) >= 11 is 1.63. The lowest BCUT2D eigenvalue weighted by atomic mass is 9.88. The first-order chi connectivity index (χ1) is 12.6. The number of guanidine groups is 1. The normalized spacial score (nSPS) is 13.5. The van der Waals surface area contributed by atoms with Crippen molar-refractivity contribution in [2.75, 3.05) is 26.0 Å². The number of halogens is 1. The number of rotatable bonds is 5. The number of hydrogen-bond donors (Lipinski definition) is 3. The predicted octanol–water partition coefficient (Wildman–Crippen LogP) is 3.28. The Labute approximate surface area is 182 Å². The zero-order valence-corrected chi connectivity index (χ0v) is 19.2. The molecule has 1 heterocycles. The van der Waals surface area contributed by atoms with Gasteiger partial charge in [0, 0.05) is 38.6 Å². The highest BCUT2D eigenvalue weighted by molar-refractivity contribution is 14.0. The minimum atomic E-state index is 0. The van der Waals surface area contributed by atoms with Crippen molar-refractivity contribution in [3.8, 4) is 5.75 Å². The summed E-state index contributed by atoms with van der Waals surface area (Å²) in [6, 6.07) is 3.88. The quantitative estimate of drug-likeness (QED) is 0.333. The molecule has 1 aliphatic carbocycles. The van der Waals surface area contributed by atoms with Crippen molar-refractivity contribution in [3.63, 3.8) is 0 Å². The van der Waals surface area contributed by atoms with Gasteiger partial charge in [-0.3, -0.25) is 4.99 Å². The molecule has 1 aliphatic rings. The number of hydrogen-bond acceptors (Lipinski definition) is 5. The van der Waals surface area contributed by atoms with E-state index in [9.17, 15) is 5.11 Å². The minimum Gasteiger partial charge on any atom is -0.508 e. The van der Waals surface area contributed by atoms with E-state index in [1.807, 2.05) is 25.1 Å². The molecule has 0 bridgehead atoms. The van der Waals surface area contributed by atoms with Crippen LogP contribution in [-0.2, 0) is 25.9 Å². The molecular weight excluding hydrogens is 473 g/mol. The number of nitrogens with zero attached hydrogens (tertiary/aromatic N) is 3. The first kappa shape index (κ1) is 21.7. The summed E-state index contributed by atoms with van der Waals surface area (Å²) in [4.78, 5) is 10.8. The predicted molar refractivity (Wildman–Crippen MR) is 124 cm³/mol. The maximum atomic E-state index is 10.3. The maximum Gasteiger partial charge on any atom is 0.191 e. The van der Waals surface area contributed by atoms with Crippen LogP contribution >= 0.6 is 35.3 Å². The first-order valence-corrected chi connectivity index (χ1v) is 9.85. The Morgan fingerprint density at radius 1 is 1.22 bits per heavy atom. The van der Waals surface area contributed by atoms with Gasteiger partial charge in [0.2, 0.25) is 0 Å². The fourth-order valence-corrected chi connectivity index (χ4v) is 4.00. The Balaban J connectivity index is 0.00000261. The summed E-state index contributed by atoms with van der Waals surface area (Å²) in [6.07, 6.45) is 4.57. The molecule has 2 aromatic rings. The van der Waals surface area contributed by atoms with Gasteiger partial charge in [0.1, 0.15) is 5.75 Å². The van der Waals surface area contributed by atoms with E-state index in [2.05, 4.69) is 32.1 Å². The van der Waals surface area contributed by atoms with Crippen molar-refractivity contribution in [3.05, 3.63) is 39.9 Å². The van der Waals surface area contributed by atoms with Crippen molar-refractivity contribution in [2.45, 2.75) is 38.8 Å². The zero-order chi connectivity index (χ0) is 18.5. The second-order valence-electron chi connectivity index (χ2n) is 6.70. The van der Waals surface area contributed by atoms with Crippen LogP contribution in [0.5, 0.6) is 5.75 Å². The Bertz CT molecular complexity index is 790. The van der Waals surface area contributed by atoms with Crippen molar-refractivity contribution in [1.29, 1.82) is 0 Å². The number of fused-ring (bicyclic) bond motifs is 1. The van der Waals surface area contributed by atoms with Crippen LogP contribution in [0.15, 0.2) is 22.5 Å². The monoisotopic (exact) mass is 501 g/mol. The molecule has 3 N–H and O–H groups in total. The molecule has 1 aromatic heterocycles. The van der Waals surface area contributed by atoms with Gasteiger partial charge < -0.3 is 20.6 Å². The molecule has 0 unspecified atom stereocenters.